The standard InChI is InChI=1S/C23H24N4O2/c1-16(2)10-12-25-22(28)19-13-20(18-9-6-11-24-14-18)21(26-15-19)27-23(29)17-7-4-3-5-8-17/h3-9,11,13-16H,10,12H2,1-2H3,(H,25,28)(H,26,27,29). The lowest BCUT2D eigenvalue weighted by Crippen LogP contribution is -2.25. The van der Waals surface area contributed by atoms with Crippen LogP contribution in [0.4, 0.5) is 5.82 Å². The van der Waals surface area contributed by atoms with Crippen molar-refractivity contribution in [2.24, 2.45) is 5.92 Å². The monoisotopic (exact) mass is 388 g/mol. The molecule has 0 radical (unpaired) electrons. The topological polar surface area (TPSA) is 84.0 Å². The molecule has 1 aromatic carbocycles. The van der Waals surface area contributed by atoms with Gasteiger partial charge in [0.25, 0.3) is 11.8 Å². The maximum Gasteiger partial charge on any atom is 0.256 e. The van der Waals surface area contributed by atoms with Crippen LogP contribution in [0.15, 0.2) is 67.1 Å². The molecule has 6 nitrogen and oxygen atoms in total. The van der Waals surface area contributed by atoms with E-state index in [1.54, 1.807) is 48.8 Å². The first-order valence-electron chi connectivity index (χ1n) is 9.59. The molecule has 0 atom stereocenters. The summed E-state index contributed by atoms with van der Waals surface area (Å²) in [5.41, 5.74) is 2.37. The summed E-state index contributed by atoms with van der Waals surface area (Å²) in [6.45, 7) is 4.82. The highest BCUT2D eigenvalue weighted by Crippen LogP contribution is 2.27. The van der Waals surface area contributed by atoms with Crippen molar-refractivity contribution < 1.29 is 9.59 Å². The number of benzene rings is 1. The Kier molecular flexibility index (Phi) is 6.68. The minimum absolute atomic E-state index is 0.191. The first-order valence-corrected chi connectivity index (χ1v) is 9.59. The highest BCUT2D eigenvalue weighted by molar-refractivity contribution is 6.06. The van der Waals surface area contributed by atoms with Gasteiger partial charge in [-0.15, -0.1) is 0 Å². The SMILES string of the molecule is CC(C)CCNC(=O)c1cnc(NC(=O)c2ccccc2)c(-c2cccnc2)c1. The number of anilines is 1. The fourth-order valence-corrected chi connectivity index (χ4v) is 2.78. The summed E-state index contributed by atoms with van der Waals surface area (Å²) < 4.78 is 0. The molecule has 2 heterocycles. The molecular weight excluding hydrogens is 364 g/mol. The van der Waals surface area contributed by atoms with Gasteiger partial charge < -0.3 is 10.6 Å². The van der Waals surface area contributed by atoms with Crippen LogP contribution in [0, 0.1) is 5.92 Å². The van der Waals surface area contributed by atoms with Crippen LogP contribution in [-0.2, 0) is 0 Å². The van der Waals surface area contributed by atoms with Gasteiger partial charge >= 0.3 is 0 Å². The van der Waals surface area contributed by atoms with Crippen molar-refractivity contribution in [1.29, 1.82) is 0 Å². The second-order valence-electron chi connectivity index (χ2n) is 7.12. The first kappa shape index (κ1) is 20.2. The number of rotatable bonds is 7. The van der Waals surface area contributed by atoms with Gasteiger partial charge in [-0.2, -0.15) is 0 Å². The minimum atomic E-state index is -0.266. The van der Waals surface area contributed by atoms with Crippen molar-refractivity contribution in [3.63, 3.8) is 0 Å². The highest BCUT2D eigenvalue weighted by atomic mass is 16.2. The second-order valence-corrected chi connectivity index (χ2v) is 7.12. The Morgan fingerprint density at radius 3 is 2.45 bits per heavy atom. The van der Waals surface area contributed by atoms with E-state index < -0.39 is 0 Å². The molecule has 0 bridgehead atoms. The second kappa shape index (κ2) is 9.59. The predicted molar refractivity (Wildman–Crippen MR) is 114 cm³/mol. The Labute approximate surface area is 170 Å². The van der Waals surface area contributed by atoms with Crippen LogP contribution in [0.1, 0.15) is 41.0 Å². The number of aromatic nitrogens is 2. The number of nitrogens with zero attached hydrogens (tertiary/aromatic N) is 2. The maximum absolute atomic E-state index is 12.6. The Morgan fingerprint density at radius 2 is 1.76 bits per heavy atom. The number of nitrogens with one attached hydrogen (secondary N) is 2. The number of pyridine rings is 2. The summed E-state index contributed by atoms with van der Waals surface area (Å²) >= 11 is 0. The fourth-order valence-electron chi connectivity index (χ4n) is 2.78. The highest BCUT2D eigenvalue weighted by Gasteiger charge is 2.15. The van der Waals surface area contributed by atoms with Crippen LogP contribution < -0.4 is 10.6 Å². The van der Waals surface area contributed by atoms with Gasteiger partial charge in [-0.1, -0.05) is 38.1 Å². The molecule has 2 N–H and O–H groups in total. The van der Waals surface area contributed by atoms with E-state index >= 15 is 0 Å². The summed E-state index contributed by atoms with van der Waals surface area (Å²) in [6, 6.07) is 14.3. The van der Waals surface area contributed by atoms with Gasteiger partial charge in [0.15, 0.2) is 0 Å². The van der Waals surface area contributed by atoms with E-state index in [-0.39, 0.29) is 11.8 Å². The van der Waals surface area contributed by atoms with Gasteiger partial charge in [-0.05, 0) is 36.6 Å². The molecule has 0 aliphatic carbocycles. The molecule has 0 fully saturated rings. The smallest absolute Gasteiger partial charge is 0.256 e. The van der Waals surface area contributed by atoms with E-state index in [4.69, 9.17) is 0 Å². The van der Waals surface area contributed by atoms with Crippen molar-refractivity contribution in [2.45, 2.75) is 20.3 Å². The first-order chi connectivity index (χ1) is 14.0. The molecular formula is C23H24N4O2. The Bertz CT molecular complexity index is 973. The van der Waals surface area contributed by atoms with E-state index in [1.807, 2.05) is 12.1 Å². The quantitative estimate of drug-likeness (QED) is 0.636. The molecule has 29 heavy (non-hydrogen) atoms. The summed E-state index contributed by atoms with van der Waals surface area (Å²) in [6.07, 6.45) is 5.72. The molecule has 3 aromatic rings. The number of carbonyl (C=O) groups is 2. The fraction of sp³-hybridized carbons (Fsp3) is 0.217. The summed E-state index contributed by atoms with van der Waals surface area (Å²) in [4.78, 5) is 33.6. The van der Waals surface area contributed by atoms with E-state index in [2.05, 4.69) is 34.4 Å². The van der Waals surface area contributed by atoms with E-state index in [0.29, 0.717) is 35.0 Å². The van der Waals surface area contributed by atoms with Crippen LogP contribution in [0.5, 0.6) is 0 Å². The van der Waals surface area contributed by atoms with Gasteiger partial charge in [0, 0.05) is 41.8 Å². The molecule has 0 unspecified atom stereocenters. The molecule has 0 aliphatic rings. The third-order valence-electron chi connectivity index (χ3n) is 4.40. The van der Waals surface area contributed by atoms with Crippen molar-refractivity contribution in [1.82, 2.24) is 15.3 Å². The largest absolute Gasteiger partial charge is 0.352 e. The lowest BCUT2D eigenvalue weighted by molar-refractivity contribution is 0.0951. The van der Waals surface area contributed by atoms with Gasteiger partial charge in [0.05, 0.1) is 5.56 Å². The van der Waals surface area contributed by atoms with Crippen LogP contribution in [-0.4, -0.2) is 28.3 Å². The van der Waals surface area contributed by atoms with Crippen LogP contribution >= 0.6 is 0 Å². The van der Waals surface area contributed by atoms with E-state index in [1.165, 1.54) is 6.20 Å². The molecule has 6 heteroatoms. The van der Waals surface area contributed by atoms with E-state index in [9.17, 15) is 9.59 Å². The van der Waals surface area contributed by atoms with E-state index in [0.717, 1.165) is 12.0 Å². The van der Waals surface area contributed by atoms with Gasteiger partial charge in [0.1, 0.15) is 5.82 Å². The van der Waals surface area contributed by atoms with Crippen molar-refractivity contribution in [3.8, 4) is 11.1 Å². The summed E-state index contributed by atoms with van der Waals surface area (Å²) in [5.74, 6) is 0.433. The zero-order valence-electron chi connectivity index (χ0n) is 16.6. The lowest BCUT2D eigenvalue weighted by atomic mass is 10.1. The van der Waals surface area contributed by atoms with Crippen molar-refractivity contribution in [2.75, 3.05) is 11.9 Å². The van der Waals surface area contributed by atoms with Crippen LogP contribution in [0.2, 0.25) is 0 Å². The van der Waals surface area contributed by atoms with Gasteiger partial charge in [-0.25, -0.2) is 4.98 Å². The molecule has 0 spiro atoms. The third kappa shape index (κ3) is 5.48. The Morgan fingerprint density at radius 1 is 0.966 bits per heavy atom. The molecule has 3 rings (SSSR count). The Hall–Kier alpha value is -3.54. The van der Waals surface area contributed by atoms with Crippen LogP contribution in [0.3, 0.4) is 0 Å². The van der Waals surface area contributed by atoms with Crippen molar-refractivity contribution >= 4 is 17.6 Å². The average molecular weight is 388 g/mol. The maximum atomic E-state index is 12.6. The molecule has 2 aromatic heterocycles. The van der Waals surface area contributed by atoms with Gasteiger partial charge in [0.2, 0.25) is 0 Å². The summed E-state index contributed by atoms with van der Waals surface area (Å²) in [7, 11) is 0. The lowest BCUT2D eigenvalue weighted by Gasteiger charge is -2.13. The number of carbonyl (C=O) groups excluding carboxylic acids is 2. The number of hydrogen-bond donors (Lipinski definition) is 2. The number of amides is 2. The molecule has 0 saturated heterocycles. The molecule has 0 aliphatic heterocycles. The number of hydrogen-bond acceptors (Lipinski definition) is 4. The Balaban J connectivity index is 1.88. The summed E-state index contributed by atoms with van der Waals surface area (Å²) in [5, 5.41) is 5.75. The van der Waals surface area contributed by atoms with Crippen LogP contribution in [0.25, 0.3) is 11.1 Å². The normalized spacial score (nSPS) is 10.6. The van der Waals surface area contributed by atoms with Gasteiger partial charge in [-0.3, -0.25) is 14.6 Å². The zero-order chi connectivity index (χ0) is 20.6. The van der Waals surface area contributed by atoms with Crippen molar-refractivity contribution in [3.05, 3.63) is 78.2 Å². The molecule has 148 valence electrons. The zero-order valence-corrected chi connectivity index (χ0v) is 16.6. The minimum Gasteiger partial charge on any atom is -0.352 e. The average Bonchev–Trinajstić information content (AvgIpc) is 2.75. The molecule has 2 amide bonds. The third-order valence-corrected chi connectivity index (χ3v) is 4.40. The molecule has 0 saturated carbocycles. The predicted octanol–water partition coefficient (Wildman–Crippen LogP) is 4.17.